The predicted molar refractivity (Wildman–Crippen MR) is 90.3 cm³/mol. The summed E-state index contributed by atoms with van der Waals surface area (Å²) < 4.78 is 1.16. The van der Waals surface area contributed by atoms with Crippen LogP contribution in [-0.4, -0.2) is 18.1 Å². The number of benzene rings is 1. The van der Waals surface area contributed by atoms with Crippen molar-refractivity contribution in [2.24, 2.45) is 0 Å². The van der Waals surface area contributed by atoms with Crippen molar-refractivity contribution in [3.63, 3.8) is 0 Å². The highest BCUT2D eigenvalue weighted by molar-refractivity contribution is 9.10. The summed E-state index contributed by atoms with van der Waals surface area (Å²) >= 11 is 3.62. The van der Waals surface area contributed by atoms with E-state index in [0.29, 0.717) is 6.04 Å². The number of pyridine rings is 1. The van der Waals surface area contributed by atoms with Gasteiger partial charge in [0.15, 0.2) is 0 Å². The average Bonchev–Trinajstić information content (AvgIpc) is 3.32. The van der Waals surface area contributed by atoms with Crippen molar-refractivity contribution in [3.8, 4) is 0 Å². The summed E-state index contributed by atoms with van der Waals surface area (Å²) in [5.74, 6) is 0. The standard InChI is InChI=1S/C17H20BrN3/c1-21(12-13-4-2-3-5-16(13)18)17-8-9-19-10-14(17)11-20-15-6-7-15/h2-5,8-10,15,20H,6-7,11-12H2,1H3. The zero-order chi connectivity index (χ0) is 14.7. The number of nitrogens with zero attached hydrogens (tertiary/aromatic N) is 2. The highest BCUT2D eigenvalue weighted by Crippen LogP contribution is 2.25. The molecule has 1 aromatic heterocycles. The molecule has 1 fully saturated rings. The first kappa shape index (κ1) is 14.5. The molecule has 3 rings (SSSR count). The zero-order valence-corrected chi connectivity index (χ0v) is 13.8. The van der Waals surface area contributed by atoms with Crippen LogP contribution in [0.4, 0.5) is 5.69 Å². The SMILES string of the molecule is CN(Cc1ccccc1Br)c1ccncc1CNC1CC1. The molecule has 1 aliphatic carbocycles. The maximum Gasteiger partial charge on any atom is 0.0443 e. The van der Waals surface area contributed by atoms with Gasteiger partial charge in [-0.3, -0.25) is 4.98 Å². The van der Waals surface area contributed by atoms with Gasteiger partial charge in [0, 0.05) is 54.3 Å². The molecule has 0 amide bonds. The summed E-state index contributed by atoms with van der Waals surface area (Å²) in [6.45, 7) is 1.77. The molecule has 0 unspecified atom stereocenters. The van der Waals surface area contributed by atoms with Crippen molar-refractivity contribution in [2.75, 3.05) is 11.9 Å². The minimum absolute atomic E-state index is 0.714. The third-order valence-corrected chi connectivity index (χ3v) is 4.59. The fraction of sp³-hybridized carbons (Fsp3) is 0.353. The lowest BCUT2D eigenvalue weighted by molar-refractivity contribution is 0.683. The first-order valence-electron chi connectivity index (χ1n) is 7.35. The second-order valence-electron chi connectivity index (χ2n) is 5.61. The van der Waals surface area contributed by atoms with Crippen LogP contribution in [0.15, 0.2) is 47.2 Å². The van der Waals surface area contributed by atoms with Crippen LogP contribution in [0.2, 0.25) is 0 Å². The van der Waals surface area contributed by atoms with Crippen molar-refractivity contribution in [2.45, 2.75) is 32.0 Å². The van der Waals surface area contributed by atoms with Gasteiger partial charge in [-0.05, 0) is 30.5 Å². The molecule has 0 radical (unpaired) electrons. The van der Waals surface area contributed by atoms with Gasteiger partial charge < -0.3 is 10.2 Å². The largest absolute Gasteiger partial charge is 0.370 e. The Labute approximate surface area is 134 Å². The Morgan fingerprint density at radius 3 is 2.81 bits per heavy atom. The van der Waals surface area contributed by atoms with Crippen molar-refractivity contribution in [1.82, 2.24) is 10.3 Å². The molecular weight excluding hydrogens is 326 g/mol. The maximum absolute atomic E-state index is 4.27. The Morgan fingerprint density at radius 2 is 2.05 bits per heavy atom. The number of hydrogen-bond acceptors (Lipinski definition) is 3. The van der Waals surface area contributed by atoms with Crippen LogP contribution in [0.3, 0.4) is 0 Å². The Hall–Kier alpha value is -1.39. The van der Waals surface area contributed by atoms with Crippen LogP contribution in [0.25, 0.3) is 0 Å². The first-order valence-corrected chi connectivity index (χ1v) is 8.14. The lowest BCUT2D eigenvalue weighted by Gasteiger charge is -2.23. The van der Waals surface area contributed by atoms with Crippen molar-refractivity contribution in [3.05, 3.63) is 58.3 Å². The van der Waals surface area contributed by atoms with E-state index < -0.39 is 0 Å². The lowest BCUT2D eigenvalue weighted by Crippen LogP contribution is -2.22. The summed E-state index contributed by atoms with van der Waals surface area (Å²) in [5.41, 5.74) is 3.80. The van der Waals surface area contributed by atoms with E-state index in [1.807, 2.05) is 18.5 Å². The molecule has 21 heavy (non-hydrogen) atoms. The van der Waals surface area contributed by atoms with Gasteiger partial charge >= 0.3 is 0 Å². The van der Waals surface area contributed by atoms with E-state index in [-0.39, 0.29) is 0 Å². The van der Waals surface area contributed by atoms with Crippen LogP contribution >= 0.6 is 15.9 Å². The highest BCUT2D eigenvalue weighted by Gasteiger charge is 2.20. The van der Waals surface area contributed by atoms with Crippen LogP contribution in [-0.2, 0) is 13.1 Å². The summed E-state index contributed by atoms with van der Waals surface area (Å²) in [4.78, 5) is 6.56. The predicted octanol–water partition coefficient (Wildman–Crippen LogP) is 3.73. The van der Waals surface area contributed by atoms with E-state index in [2.05, 4.69) is 62.4 Å². The van der Waals surface area contributed by atoms with E-state index in [1.54, 1.807) is 0 Å². The summed E-state index contributed by atoms with van der Waals surface area (Å²) in [7, 11) is 2.13. The van der Waals surface area contributed by atoms with Crippen LogP contribution in [0, 0.1) is 0 Å². The average molecular weight is 346 g/mol. The molecule has 0 bridgehead atoms. The fourth-order valence-corrected chi connectivity index (χ4v) is 2.85. The molecule has 110 valence electrons. The number of anilines is 1. The van der Waals surface area contributed by atoms with E-state index in [4.69, 9.17) is 0 Å². The molecule has 0 atom stereocenters. The normalized spacial score (nSPS) is 14.2. The van der Waals surface area contributed by atoms with E-state index in [0.717, 1.165) is 17.6 Å². The maximum atomic E-state index is 4.27. The van der Waals surface area contributed by atoms with Crippen molar-refractivity contribution >= 4 is 21.6 Å². The van der Waals surface area contributed by atoms with Gasteiger partial charge in [0.25, 0.3) is 0 Å². The van der Waals surface area contributed by atoms with Gasteiger partial charge in [0.1, 0.15) is 0 Å². The minimum atomic E-state index is 0.714. The summed E-state index contributed by atoms with van der Waals surface area (Å²) in [5, 5.41) is 3.57. The molecule has 0 saturated heterocycles. The van der Waals surface area contributed by atoms with Crippen molar-refractivity contribution < 1.29 is 0 Å². The Morgan fingerprint density at radius 1 is 1.24 bits per heavy atom. The Kier molecular flexibility index (Phi) is 4.56. The molecular formula is C17H20BrN3. The number of hydrogen-bond donors (Lipinski definition) is 1. The van der Waals surface area contributed by atoms with Crippen molar-refractivity contribution in [1.29, 1.82) is 0 Å². The summed E-state index contributed by atoms with van der Waals surface area (Å²) in [6, 6.07) is 11.2. The van der Waals surface area contributed by atoms with Gasteiger partial charge in [-0.2, -0.15) is 0 Å². The molecule has 2 aromatic rings. The molecule has 1 heterocycles. The topological polar surface area (TPSA) is 28.2 Å². The molecule has 1 saturated carbocycles. The van der Waals surface area contributed by atoms with Gasteiger partial charge in [-0.15, -0.1) is 0 Å². The number of halogens is 1. The monoisotopic (exact) mass is 345 g/mol. The quantitative estimate of drug-likeness (QED) is 0.864. The van der Waals surface area contributed by atoms with E-state index in [9.17, 15) is 0 Å². The number of aromatic nitrogens is 1. The number of rotatable bonds is 6. The van der Waals surface area contributed by atoms with Gasteiger partial charge in [-0.1, -0.05) is 34.1 Å². The second kappa shape index (κ2) is 6.58. The third kappa shape index (κ3) is 3.83. The zero-order valence-electron chi connectivity index (χ0n) is 12.2. The van der Waals surface area contributed by atoms with Crippen LogP contribution in [0.1, 0.15) is 24.0 Å². The van der Waals surface area contributed by atoms with E-state index >= 15 is 0 Å². The molecule has 1 aliphatic rings. The molecule has 0 spiro atoms. The minimum Gasteiger partial charge on any atom is -0.370 e. The van der Waals surface area contributed by atoms with Crippen LogP contribution in [0.5, 0.6) is 0 Å². The smallest absolute Gasteiger partial charge is 0.0443 e. The first-order chi connectivity index (χ1) is 10.2. The van der Waals surface area contributed by atoms with E-state index in [1.165, 1.54) is 29.7 Å². The molecule has 1 aromatic carbocycles. The Balaban J connectivity index is 1.74. The molecule has 1 N–H and O–H groups in total. The van der Waals surface area contributed by atoms with Crippen LogP contribution < -0.4 is 10.2 Å². The van der Waals surface area contributed by atoms with Gasteiger partial charge in [-0.25, -0.2) is 0 Å². The second-order valence-corrected chi connectivity index (χ2v) is 6.46. The lowest BCUT2D eigenvalue weighted by atomic mass is 10.1. The summed E-state index contributed by atoms with van der Waals surface area (Å²) in [6.07, 6.45) is 6.46. The third-order valence-electron chi connectivity index (χ3n) is 3.81. The molecule has 4 heteroatoms. The van der Waals surface area contributed by atoms with Gasteiger partial charge in [0.2, 0.25) is 0 Å². The highest BCUT2D eigenvalue weighted by atomic mass is 79.9. The molecule has 3 nitrogen and oxygen atoms in total. The number of nitrogens with one attached hydrogen (secondary N) is 1. The fourth-order valence-electron chi connectivity index (χ4n) is 2.44. The molecule has 0 aliphatic heterocycles. The Bertz CT molecular complexity index is 610. The van der Waals surface area contributed by atoms with Gasteiger partial charge in [0.05, 0.1) is 0 Å².